The van der Waals surface area contributed by atoms with E-state index in [4.69, 9.17) is 4.99 Å². The highest BCUT2D eigenvalue weighted by molar-refractivity contribution is 6.11. The Balaban J connectivity index is 1.62. The van der Waals surface area contributed by atoms with Gasteiger partial charge < -0.3 is 5.32 Å². The molecule has 0 aliphatic rings. The van der Waals surface area contributed by atoms with E-state index in [2.05, 4.69) is 108 Å². The second kappa shape index (κ2) is 9.80. The van der Waals surface area contributed by atoms with E-state index in [9.17, 15) is 0 Å². The van der Waals surface area contributed by atoms with Gasteiger partial charge in [-0.25, -0.2) is 4.99 Å². The molecule has 158 valence electrons. The number of hydrogen-bond acceptors (Lipinski definition) is 1. The molecule has 5 aromatic carbocycles. The van der Waals surface area contributed by atoms with Gasteiger partial charge in [-0.3, -0.25) is 0 Å². The zero-order valence-corrected chi connectivity index (χ0v) is 18.2. The highest BCUT2D eigenvalue weighted by Gasteiger charge is 2.11. The maximum atomic E-state index is 5.14. The Morgan fingerprint density at radius 1 is 0.455 bits per heavy atom. The number of anilines is 1. The van der Waals surface area contributed by atoms with Gasteiger partial charge in [-0.1, -0.05) is 127 Å². The smallest absolute Gasteiger partial charge is 0.138 e. The van der Waals surface area contributed by atoms with Crippen LogP contribution in [0.2, 0.25) is 0 Å². The van der Waals surface area contributed by atoms with Gasteiger partial charge in [0.1, 0.15) is 5.84 Å². The summed E-state index contributed by atoms with van der Waals surface area (Å²) in [6.45, 7) is 0. The number of hydrogen-bond donors (Lipinski definition) is 1. The Morgan fingerprint density at radius 3 is 1.61 bits per heavy atom. The number of nitrogens with one attached hydrogen (secondary N) is 1. The van der Waals surface area contributed by atoms with Crippen LogP contribution in [0.25, 0.3) is 22.3 Å². The average Bonchev–Trinajstić information content (AvgIpc) is 2.90. The molecule has 0 bridgehead atoms. The van der Waals surface area contributed by atoms with Gasteiger partial charge >= 0.3 is 0 Å². The maximum Gasteiger partial charge on any atom is 0.138 e. The molecule has 0 fully saturated rings. The molecule has 0 amide bonds. The predicted molar refractivity (Wildman–Crippen MR) is 140 cm³/mol. The van der Waals surface area contributed by atoms with Gasteiger partial charge in [0.2, 0.25) is 0 Å². The molecule has 0 aromatic heterocycles. The molecule has 5 rings (SSSR count). The van der Waals surface area contributed by atoms with Crippen molar-refractivity contribution >= 4 is 17.2 Å². The highest BCUT2D eigenvalue weighted by atomic mass is 15.0. The van der Waals surface area contributed by atoms with E-state index in [1.807, 2.05) is 36.4 Å². The van der Waals surface area contributed by atoms with Crippen LogP contribution in [-0.2, 0) is 0 Å². The maximum absolute atomic E-state index is 5.14. The first-order valence-electron chi connectivity index (χ1n) is 11.1. The zero-order chi connectivity index (χ0) is 22.3. The lowest BCUT2D eigenvalue weighted by Crippen LogP contribution is -2.14. The Hall–Kier alpha value is -4.43. The minimum atomic E-state index is 0.808. The van der Waals surface area contributed by atoms with Gasteiger partial charge in [0, 0.05) is 22.4 Å². The van der Waals surface area contributed by atoms with Crippen LogP contribution in [0.5, 0.6) is 0 Å². The third-order valence-corrected chi connectivity index (χ3v) is 5.53. The SMILES string of the molecule is c1ccc(C(=Nc2ccccc2-c2ccccc2)Nc2ccccc2-c2ccccc2)cc1. The van der Waals surface area contributed by atoms with Crippen LogP contribution < -0.4 is 5.32 Å². The molecule has 0 saturated carbocycles. The lowest BCUT2D eigenvalue weighted by Gasteiger charge is -2.16. The number of benzene rings is 5. The molecule has 0 atom stereocenters. The molecule has 0 aliphatic heterocycles. The number of amidine groups is 1. The molecule has 0 spiro atoms. The quantitative estimate of drug-likeness (QED) is 0.223. The van der Waals surface area contributed by atoms with Crippen molar-refractivity contribution in [1.82, 2.24) is 0 Å². The topological polar surface area (TPSA) is 24.4 Å². The summed E-state index contributed by atoms with van der Waals surface area (Å²) in [7, 11) is 0. The summed E-state index contributed by atoms with van der Waals surface area (Å²) in [4.78, 5) is 5.14. The molecule has 2 heteroatoms. The van der Waals surface area contributed by atoms with E-state index >= 15 is 0 Å². The standard InChI is InChI=1S/C31H24N2/c1-4-14-24(15-5-1)27-20-10-12-22-29(27)32-31(26-18-8-3-9-19-26)33-30-23-13-11-21-28(30)25-16-6-2-7-17-25/h1-23H,(H,32,33). The second-order valence-electron chi connectivity index (χ2n) is 7.75. The van der Waals surface area contributed by atoms with Crippen molar-refractivity contribution in [2.75, 3.05) is 5.32 Å². The van der Waals surface area contributed by atoms with Crippen LogP contribution in [-0.4, -0.2) is 5.84 Å². The normalized spacial score (nSPS) is 11.2. The lowest BCUT2D eigenvalue weighted by molar-refractivity contribution is 1.46. The van der Waals surface area contributed by atoms with Crippen molar-refractivity contribution in [3.63, 3.8) is 0 Å². The van der Waals surface area contributed by atoms with Crippen molar-refractivity contribution in [1.29, 1.82) is 0 Å². The van der Waals surface area contributed by atoms with Gasteiger partial charge in [0.05, 0.1) is 5.69 Å². The summed E-state index contributed by atoms with van der Waals surface area (Å²) in [5, 5.41) is 3.64. The van der Waals surface area contributed by atoms with Crippen LogP contribution in [0.1, 0.15) is 5.56 Å². The summed E-state index contributed by atoms with van der Waals surface area (Å²) in [5.74, 6) is 0.808. The third kappa shape index (κ3) is 4.76. The molecule has 0 saturated heterocycles. The van der Waals surface area contributed by atoms with E-state index < -0.39 is 0 Å². The molecule has 0 unspecified atom stereocenters. The first-order valence-corrected chi connectivity index (χ1v) is 11.1. The minimum absolute atomic E-state index is 0.808. The molecule has 0 aliphatic carbocycles. The van der Waals surface area contributed by atoms with Gasteiger partial charge in [-0.2, -0.15) is 0 Å². The summed E-state index contributed by atoms with van der Waals surface area (Å²) in [5.41, 5.74) is 7.52. The fourth-order valence-corrected chi connectivity index (χ4v) is 3.90. The van der Waals surface area contributed by atoms with Crippen LogP contribution >= 0.6 is 0 Å². The van der Waals surface area contributed by atoms with Gasteiger partial charge in [0.25, 0.3) is 0 Å². The molecule has 2 nitrogen and oxygen atoms in total. The van der Waals surface area contributed by atoms with Crippen molar-refractivity contribution < 1.29 is 0 Å². The Kier molecular flexibility index (Phi) is 6.08. The van der Waals surface area contributed by atoms with Crippen LogP contribution in [0.15, 0.2) is 145 Å². The van der Waals surface area contributed by atoms with E-state index in [1.165, 1.54) is 0 Å². The summed E-state index contributed by atoms with van der Waals surface area (Å²) in [6.07, 6.45) is 0. The van der Waals surface area contributed by atoms with Crippen molar-refractivity contribution in [2.24, 2.45) is 4.99 Å². The van der Waals surface area contributed by atoms with Crippen LogP contribution in [0.3, 0.4) is 0 Å². The summed E-state index contributed by atoms with van der Waals surface area (Å²) < 4.78 is 0. The zero-order valence-electron chi connectivity index (χ0n) is 18.2. The van der Waals surface area contributed by atoms with Gasteiger partial charge in [0.15, 0.2) is 0 Å². The predicted octanol–water partition coefficient (Wildman–Crippen LogP) is 8.21. The Labute approximate surface area is 194 Å². The molecule has 33 heavy (non-hydrogen) atoms. The molecule has 1 N–H and O–H groups in total. The van der Waals surface area contributed by atoms with E-state index in [1.54, 1.807) is 0 Å². The number of rotatable bonds is 5. The fraction of sp³-hybridized carbons (Fsp3) is 0. The van der Waals surface area contributed by atoms with Gasteiger partial charge in [-0.15, -0.1) is 0 Å². The summed E-state index contributed by atoms with van der Waals surface area (Å²) >= 11 is 0. The van der Waals surface area contributed by atoms with Crippen LogP contribution in [0.4, 0.5) is 11.4 Å². The Morgan fingerprint density at radius 2 is 0.939 bits per heavy atom. The largest absolute Gasteiger partial charge is 0.339 e. The average molecular weight is 425 g/mol. The monoisotopic (exact) mass is 424 g/mol. The van der Waals surface area contributed by atoms with E-state index in [0.717, 1.165) is 45.0 Å². The fourth-order valence-electron chi connectivity index (χ4n) is 3.90. The van der Waals surface area contributed by atoms with Gasteiger partial charge in [-0.05, 0) is 23.3 Å². The summed E-state index contributed by atoms with van der Waals surface area (Å²) in [6, 6.07) is 47.7. The van der Waals surface area contributed by atoms with E-state index in [-0.39, 0.29) is 0 Å². The van der Waals surface area contributed by atoms with Crippen molar-refractivity contribution in [3.05, 3.63) is 145 Å². The first-order chi connectivity index (χ1) is 16.4. The Bertz CT molecular complexity index is 1360. The second-order valence-corrected chi connectivity index (χ2v) is 7.75. The molecule has 0 heterocycles. The van der Waals surface area contributed by atoms with Crippen molar-refractivity contribution in [2.45, 2.75) is 0 Å². The molecular formula is C31H24N2. The molecule has 0 radical (unpaired) electrons. The van der Waals surface area contributed by atoms with E-state index in [0.29, 0.717) is 0 Å². The highest BCUT2D eigenvalue weighted by Crippen LogP contribution is 2.32. The molecular weight excluding hydrogens is 400 g/mol. The number of aliphatic imine (C=N–C) groups is 1. The first kappa shape index (κ1) is 20.5. The number of nitrogens with zero attached hydrogens (tertiary/aromatic N) is 1. The third-order valence-electron chi connectivity index (χ3n) is 5.53. The minimum Gasteiger partial charge on any atom is -0.339 e. The number of para-hydroxylation sites is 2. The molecule has 5 aromatic rings. The van der Waals surface area contributed by atoms with Crippen LogP contribution in [0, 0.1) is 0 Å². The van der Waals surface area contributed by atoms with Crippen molar-refractivity contribution in [3.8, 4) is 22.3 Å². The lowest BCUT2D eigenvalue weighted by atomic mass is 10.0.